The van der Waals surface area contributed by atoms with E-state index in [0.717, 1.165) is 16.8 Å². The quantitative estimate of drug-likeness (QED) is 0.481. The summed E-state index contributed by atoms with van der Waals surface area (Å²) in [6.45, 7) is 3.89. The standard InChI is InChI=1S/C29H24FNO4/c1-3-34-29(33)24-17(2)31-27-21-9-5-6-10-22(21)28(32)26(27)25(24)18-12-14-20(15-13-18)35-16-19-8-4-7-11-23(19)30/h4-15,25,31H,3,16H2,1-2H3/t25-/m1/s1. The second-order valence-corrected chi connectivity index (χ2v) is 8.43. The third-order valence-electron chi connectivity index (χ3n) is 6.31. The molecule has 3 aromatic carbocycles. The van der Waals surface area contributed by atoms with Crippen LogP contribution in [0.25, 0.3) is 5.70 Å². The van der Waals surface area contributed by atoms with Crippen LogP contribution in [-0.2, 0) is 16.1 Å². The number of carbonyl (C=O) groups excluding carboxylic acids is 2. The summed E-state index contributed by atoms with van der Waals surface area (Å²) in [7, 11) is 0. The summed E-state index contributed by atoms with van der Waals surface area (Å²) in [5.74, 6) is -0.928. The number of ether oxygens (including phenoxy) is 2. The van der Waals surface area contributed by atoms with Gasteiger partial charge in [-0.05, 0) is 37.6 Å². The molecule has 5 nitrogen and oxygen atoms in total. The van der Waals surface area contributed by atoms with E-state index in [9.17, 15) is 14.0 Å². The number of hydrogen-bond acceptors (Lipinski definition) is 5. The lowest BCUT2D eigenvalue weighted by Crippen LogP contribution is -2.29. The largest absolute Gasteiger partial charge is 0.489 e. The van der Waals surface area contributed by atoms with Crippen LogP contribution < -0.4 is 10.1 Å². The number of rotatable bonds is 6. The molecule has 2 aliphatic rings. The lowest BCUT2D eigenvalue weighted by molar-refractivity contribution is -0.138. The van der Waals surface area contributed by atoms with Crippen LogP contribution in [0.1, 0.15) is 46.8 Å². The number of carbonyl (C=O) groups is 2. The van der Waals surface area contributed by atoms with Crippen molar-refractivity contribution >= 4 is 17.4 Å². The fourth-order valence-corrected chi connectivity index (χ4v) is 4.67. The van der Waals surface area contributed by atoms with Crippen molar-refractivity contribution in [2.45, 2.75) is 26.4 Å². The third-order valence-corrected chi connectivity index (χ3v) is 6.31. The number of fused-ring (bicyclic) bond motifs is 2. The minimum absolute atomic E-state index is 0.0928. The van der Waals surface area contributed by atoms with E-state index in [1.807, 2.05) is 37.3 Å². The Bertz CT molecular complexity index is 1390. The van der Waals surface area contributed by atoms with Gasteiger partial charge in [-0.3, -0.25) is 4.79 Å². The summed E-state index contributed by atoms with van der Waals surface area (Å²) >= 11 is 0. The van der Waals surface area contributed by atoms with E-state index in [0.29, 0.717) is 33.7 Å². The average molecular weight is 470 g/mol. The van der Waals surface area contributed by atoms with Gasteiger partial charge in [0.15, 0.2) is 5.78 Å². The molecule has 6 heteroatoms. The molecule has 0 spiro atoms. The SMILES string of the molecule is CCOC(=O)C1=C(C)NC2=C(C(=O)c3ccccc32)[C@@H]1c1ccc(OCc2ccccc2F)cc1. The van der Waals surface area contributed by atoms with Crippen molar-refractivity contribution in [3.8, 4) is 5.75 Å². The highest BCUT2D eigenvalue weighted by atomic mass is 19.1. The molecule has 0 saturated carbocycles. The van der Waals surface area contributed by atoms with E-state index in [-0.39, 0.29) is 24.8 Å². The summed E-state index contributed by atoms with van der Waals surface area (Å²) in [6.07, 6.45) is 0. The molecule has 0 radical (unpaired) electrons. The first-order valence-electron chi connectivity index (χ1n) is 11.5. The Hall–Kier alpha value is -4.19. The number of esters is 1. The molecular weight excluding hydrogens is 445 g/mol. The Labute approximate surface area is 202 Å². The molecule has 0 saturated heterocycles. The molecule has 1 aliphatic heterocycles. The summed E-state index contributed by atoms with van der Waals surface area (Å²) < 4.78 is 25.0. The lowest BCUT2D eigenvalue weighted by atomic mass is 9.80. The van der Waals surface area contributed by atoms with Gasteiger partial charge < -0.3 is 14.8 Å². The molecule has 0 unspecified atom stereocenters. The number of halogens is 1. The average Bonchev–Trinajstić information content (AvgIpc) is 3.15. The van der Waals surface area contributed by atoms with Crippen molar-refractivity contribution in [2.75, 3.05) is 6.61 Å². The van der Waals surface area contributed by atoms with E-state index in [4.69, 9.17) is 9.47 Å². The maximum Gasteiger partial charge on any atom is 0.336 e. The van der Waals surface area contributed by atoms with Gasteiger partial charge >= 0.3 is 5.97 Å². The fourth-order valence-electron chi connectivity index (χ4n) is 4.67. The van der Waals surface area contributed by atoms with Crippen LogP contribution >= 0.6 is 0 Å². The number of nitrogens with one attached hydrogen (secondary N) is 1. The third kappa shape index (κ3) is 4.01. The van der Waals surface area contributed by atoms with Gasteiger partial charge in [0.05, 0.1) is 17.9 Å². The molecule has 0 bridgehead atoms. The van der Waals surface area contributed by atoms with Gasteiger partial charge in [0, 0.05) is 33.9 Å². The Balaban J connectivity index is 1.51. The normalized spacial score (nSPS) is 16.5. The van der Waals surface area contributed by atoms with Crippen LogP contribution in [0.5, 0.6) is 5.75 Å². The van der Waals surface area contributed by atoms with Gasteiger partial charge in [-0.2, -0.15) is 0 Å². The molecule has 1 atom stereocenters. The van der Waals surface area contributed by atoms with Crippen LogP contribution in [0, 0.1) is 5.82 Å². The molecule has 0 aromatic heterocycles. The first-order valence-corrected chi connectivity index (χ1v) is 11.5. The Morgan fingerprint density at radius 2 is 1.66 bits per heavy atom. The van der Waals surface area contributed by atoms with Crippen molar-refractivity contribution in [1.82, 2.24) is 5.32 Å². The van der Waals surface area contributed by atoms with Gasteiger partial charge in [0.2, 0.25) is 0 Å². The number of Topliss-reactive ketones (excluding diaryl/α,β-unsaturated/α-hetero) is 1. The van der Waals surface area contributed by atoms with E-state index >= 15 is 0 Å². The van der Waals surface area contributed by atoms with Crippen LogP contribution in [0.2, 0.25) is 0 Å². The van der Waals surface area contributed by atoms with Crippen molar-refractivity contribution in [3.63, 3.8) is 0 Å². The van der Waals surface area contributed by atoms with Crippen molar-refractivity contribution in [1.29, 1.82) is 0 Å². The van der Waals surface area contributed by atoms with Crippen LogP contribution in [0.3, 0.4) is 0 Å². The minimum atomic E-state index is -0.592. The number of hydrogen-bond donors (Lipinski definition) is 1. The number of benzene rings is 3. The van der Waals surface area contributed by atoms with Gasteiger partial charge in [-0.1, -0.05) is 54.6 Å². The smallest absolute Gasteiger partial charge is 0.336 e. The first-order chi connectivity index (χ1) is 17.0. The second-order valence-electron chi connectivity index (χ2n) is 8.43. The topological polar surface area (TPSA) is 64.6 Å². The van der Waals surface area contributed by atoms with Crippen molar-refractivity contribution < 1.29 is 23.5 Å². The number of dihydropyridines is 1. The molecule has 1 heterocycles. The predicted molar refractivity (Wildman–Crippen MR) is 130 cm³/mol. The summed E-state index contributed by atoms with van der Waals surface area (Å²) in [5, 5.41) is 3.29. The first kappa shape index (κ1) is 22.6. The monoisotopic (exact) mass is 469 g/mol. The zero-order valence-corrected chi connectivity index (χ0v) is 19.4. The van der Waals surface area contributed by atoms with E-state index in [2.05, 4.69) is 5.32 Å². The highest BCUT2D eigenvalue weighted by Gasteiger charge is 2.42. The molecule has 0 fully saturated rings. The van der Waals surface area contributed by atoms with Crippen LogP contribution in [0.4, 0.5) is 4.39 Å². The molecule has 176 valence electrons. The summed E-state index contributed by atoms with van der Waals surface area (Å²) in [5.41, 5.74) is 4.97. The molecule has 3 aromatic rings. The van der Waals surface area contributed by atoms with Gasteiger partial charge in [0.1, 0.15) is 18.2 Å². The predicted octanol–water partition coefficient (Wildman–Crippen LogP) is 5.54. The number of allylic oxidation sites excluding steroid dienone is 2. The van der Waals surface area contributed by atoms with Crippen LogP contribution in [-0.4, -0.2) is 18.4 Å². The minimum Gasteiger partial charge on any atom is -0.489 e. The maximum atomic E-state index is 13.9. The van der Waals surface area contributed by atoms with E-state index in [1.54, 1.807) is 43.3 Å². The summed E-state index contributed by atoms with van der Waals surface area (Å²) in [4.78, 5) is 26.5. The van der Waals surface area contributed by atoms with Crippen molar-refractivity contribution in [3.05, 3.63) is 118 Å². The summed E-state index contributed by atoms with van der Waals surface area (Å²) in [6, 6.07) is 21.1. The van der Waals surface area contributed by atoms with E-state index < -0.39 is 11.9 Å². The molecule has 35 heavy (non-hydrogen) atoms. The van der Waals surface area contributed by atoms with Gasteiger partial charge in [-0.25, -0.2) is 9.18 Å². The number of ketones is 1. The second kappa shape index (κ2) is 9.22. The zero-order valence-electron chi connectivity index (χ0n) is 19.4. The Kier molecular flexibility index (Phi) is 5.95. The van der Waals surface area contributed by atoms with Crippen molar-refractivity contribution in [2.24, 2.45) is 0 Å². The lowest BCUT2D eigenvalue weighted by Gasteiger charge is -2.29. The van der Waals surface area contributed by atoms with Gasteiger partial charge in [-0.15, -0.1) is 0 Å². The zero-order chi connectivity index (χ0) is 24.5. The highest BCUT2D eigenvalue weighted by molar-refractivity contribution is 6.23. The van der Waals surface area contributed by atoms with Gasteiger partial charge in [0.25, 0.3) is 0 Å². The Morgan fingerprint density at radius 1 is 0.971 bits per heavy atom. The molecule has 1 aliphatic carbocycles. The van der Waals surface area contributed by atoms with E-state index in [1.165, 1.54) is 6.07 Å². The molecule has 0 amide bonds. The molecular formula is C29H24FNO4. The Morgan fingerprint density at radius 3 is 2.37 bits per heavy atom. The molecule has 1 N–H and O–H groups in total. The van der Waals surface area contributed by atoms with Crippen LogP contribution in [0.15, 0.2) is 89.6 Å². The maximum absolute atomic E-state index is 13.9. The highest BCUT2D eigenvalue weighted by Crippen LogP contribution is 2.46. The fraction of sp³-hybridized carbons (Fsp3) is 0.172. The molecule has 5 rings (SSSR count).